The van der Waals surface area contributed by atoms with Gasteiger partial charge in [0.2, 0.25) is 0 Å². The van der Waals surface area contributed by atoms with Gasteiger partial charge in [-0.2, -0.15) is 0 Å². The number of fused-ring (bicyclic) bond motifs is 8. The minimum Gasteiger partial charge on any atom is -0.497 e. The molecular weight excluding hydrogens is 717 g/mol. The Labute approximate surface area is 333 Å². The number of carboxylic acid groups (broad SMARTS) is 1. The van der Waals surface area contributed by atoms with Gasteiger partial charge in [-0.1, -0.05) is 102 Å². The van der Waals surface area contributed by atoms with Crippen LogP contribution in [0, 0.1) is 13.8 Å². The normalized spacial score (nSPS) is 16.1. The SMILES string of the molecule is COc1ccc(C2(c3ccc(OC)cc3)C=Cc3c4c(c5ccc(C)cc5c3O2)-c2ccc(C)cc2C4(OCCOCOCCCC(=O)O)c2ccccc2)cc1. The maximum absolute atomic E-state index is 10.9. The third kappa shape index (κ3) is 6.84. The van der Waals surface area contributed by atoms with Crippen LogP contribution in [0.5, 0.6) is 17.2 Å². The summed E-state index contributed by atoms with van der Waals surface area (Å²) in [6.07, 6.45) is 4.86. The van der Waals surface area contributed by atoms with Crippen LogP contribution < -0.4 is 14.2 Å². The Bertz CT molecular complexity index is 2390. The lowest BCUT2D eigenvalue weighted by Gasteiger charge is -2.40. The molecule has 8 heteroatoms. The number of benzene rings is 6. The first-order valence-corrected chi connectivity index (χ1v) is 19.3. The molecule has 0 saturated carbocycles. The Morgan fingerprint density at radius 2 is 1.35 bits per heavy atom. The molecule has 57 heavy (non-hydrogen) atoms. The topological polar surface area (TPSA) is 92.7 Å². The summed E-state index contributed by atoms with van der Waals surface area (Å²) in [5.41, 5.74) is 8.34. The third-order valence-electron chi connectivity index (χ3n) is 11.0. The fourth-order valence-electron chi connectivity index (χ4n) is 8.32. The van der Waals surface area contributed by atoms with Gasteiger partial charge in [-0.25, -0.2) is 0 Å². The minimum absolute atomic E-state index is 0.0440. The van der Waals surface area contributed by atoms with E-state index < -0.39 is 17.2 Å². The minimum atomic E-state index is -1.03. The molecule has 6 aromatic rings. The zero-order chi connectivity index (χ0) is 39.6. The van der Waals surface area contributed by atoms with Gasteiger partial charge in [0, 0.05) is 46.2 Å². The van der Waals surface area contributed by atoms with Gasteiger partial charge in [-0.15, -0.1) is 0 Å². The molecule has 1 atom stereocenters. The predicted molar refractivity (Wildman–Crippen MR) is 221 cm³/mol. The Balaban J connectivity index is 1.32. The van der Waals surface area contributed by atoms with E-state index in [0.717, 1.165) is 83.7 Å². The number of ether oxygens (including phenoxy) is 6. The zero-order valence-electron chi connectivity index (χ0n) is 32.7. The Morgan fingerprint density at radius 3 is 2.02 bits per heavy atom. The molecule has 0 radical (unpaired) electrons. The number of aliphatic carboxylic acids is 1. The first kappa shape index (κ1) is 38.0. The highest BCUT2D eigenvalue weighted by Gasteiger charge is 2.50. The standard InChI is InChI=1S/C49H46O8/c1-32-12-22-39-42(29-32)47-41(24-25-48(57-47,34-14-18-37(52-3)19-15-34)35-16-20-38(53-4)21-17-35)46-45(39)40-23-13-33(2)30-43(40)49(46,36-9-6-5-7-10-36)56-28-27-55-31-54-26-8-11-44(50)51/h5-7,9-10,12-25,29-30H,8,11,26-28,31H2,1-4H3,(H,50,51). The second kappa shape index (κ2) is 15.9. The summed E-state index contributed by atoms with van der Waals surface area (Å²) in [4.78, 5) is 10.9. The molecule has 1 aliphatic heterocycles. The van der Waals surface area contributed by atoms with Crippen molar-refractivity contribution >= 4 is 22.8 Å². The molecule has 0 aromatic heterocycles. The van der Waals surface area contributed by atoms with Crippen molar-refractivity contribution < 1.29 is 38.3 Å². The van der Waals surface area contributed by atoms with Crippen molar-refractivity contribution in [2.75, 3.05) is 40.8 Å². The second-order valence-electron chi connectivity index (χ2n) is 14.5. The van der Waals surface area contributed by atoms with E-state index in [2.05, 4.69) is 111 Å². The molecule has 6 aromatic carbocycles. The average molecular weight is 763 g/mol. The van der Waals surface area contributed by atoms with Gasteiger partial charge in [0.1, 0.15) is 29.6 Å². The summed E-state index contributed by atoms with van der Waals surface area (Å²) < 4.78 is 37.4. The van der Waals surface area contributed by atoms with Gasteiger partial charge < -0.3 is 33.5 Å². The van der Waals surface area contributed by atoms with Crippen molar-refractivity contribution in [2.45, 2.75) is 37.9 Å². The van der Waals surface area contributed by atoms with Crippen LogP contribution in [0.1, 0.15) is 57.3 Å². The Morgan fingerprint density at radius 1 is 0.702 bits per heavy atom. The van der Waals surface area contributed by atoms with Gasteiger partial charge in [0.15, 0.2) is 5.60 Å². The van der Waals surface area contributed by atoms with Crippen LogP contribution in [0.3, 0.4) is 0 Å². The fraction of sp³-hybridized carbons (Fsp3) is 0.245. The van der Waals surface area contributed by atoms with E-state index in [-0.39, 0.29) is 26.4 Å². The molecule has 290 valence electrons. The smallest absolute Gasteiger partial charge is 0.303 e. The molecule has 0 amide bonds. The molecule has 2 aliphatic rings. The lowest BCUT2D eigenvalue weighted by atomic mass is 9.77. The van der Waals surface area contributed by atoms with Gasteiger partial charge in [-0.3, -0.25) is 4.79 Å². The van der Waals surface area contributed by atoms with Gasteiger partial charge in [-0.05, 0) is 78.8 Å². The second-order valence-corrected chi connectivity index (χ2v) is 14.5. The molecule has 0 bridgehead atoms. The van der Waals surface area contributed by atoms with Crippen LogP contribution >= 0.6 is 0 Å². The van der Waals surface area contributed by atoms with Crippen molar-refractivity contribution in [1.82, 2.24) is 0 Å². The van der Waals surface area contributed by atoms with E-state index in [0.29, 0.717) is 13.0 Å². The monoisotopic (exact) mass is 762 g/mol. The van der Waals surface area contributed by atoms with E-state index in [1.165, 1.54) is 0 Å². The number of hydrogen-bond donors (Lipinski definition) is 1. The largest absolute Gasteiger partial charge is 0.497 e. The van der Waals surface area contributed by atoms with E-state index in [4.69, 9.17) is 33.5 Å². The first-order valence-electron chi connectivity index (χ1n) is 19.3. The highest BCUT2D eigenvalue weighted by atomic mass is 16.7. The number of methoxy groups -OCH3 is 2. The van der Waals surface area contributed by atoms with Crippen molar-refractivity contribution in [2.24, 2.45) is 0 Å². The van der Waals surface area contributed by atoms with Crippen LogP contribution in [0.2, 0.25) is 0 Å². The van der Waals surface area contributed by atoms with Crippen LogP contribution in [-0.4, -0.2) is 51.9 Å². The average Bonchev–Trinajstić information content (AvgIpc) is 3.53. The molecule has 8 rings (SSSR count). The summed E-state index contributed by atoms with van der Waals surface area (Å²) in [6, 6.07) is 39.7. The number of hydrogen-bond acceptors (Lipinski definition) is 7. The fourth-order valence-corrected chi connectivity index (χ4v) is 8.32. The van der Waals surface area contributed by atoms with Crippen LogP contribution in [0.25, 0.3) is 28.0 Å². The maximum atomic E-state index is 10.9. The molecular formula is C49H46O8. The molecule has 0 saturated heterocycles. The quantitative estimate of drug-likeness (QED) is 0.0817. The summed E-state index contributed by atoms with van der Waals surface area (Å²) in [6.45, 7) is 5.10. The first-order chi connectivity index (χ1) is 27.8. The van der Waals surface area contributed by atoms with Gasteiger partial charge >= 0.3 is 5.97 Å². The molecule has 1 unspecified atom stereocenters. The summed E-state index contributed by atoms with van der Waals surface area (Å²) in [5, 5.41) is 11.0. The maximum Gasteiger partial charge on any atom is 0.303 e. The van der Waals surface area contributed by atoms with Crippen molar-refractivity contribution in [3.8, 4) is 28.4 Å². The molecule has 1 heterocycles. The third-order valence-corrected chi connectivity index (χ3v) is 11.0. The molecule has 1 N–H and O–H groups in total. The summed E-state index contributed by atoms with van der Waals surface area (Å²) >= 11 is 0. The number of carboxylic acids is 1. The molecule has 1 aliphatic carbocycles. The Hall–Kier alpha value is -5.93. The van der Waals surface area contributed by atoms with Crippen LogP contribution in [0.4, 0.5) is 0 Å². The van der Waals surface area contributed by atoms with Gasteiger partial charge in [0.25, 0.3) is 0 Å². The highest BCUT2D eigenvalue weighted by Crippen LogP contribution is 2.61. The lowest BCUT2D eigenvalue weighted by Crippen LogP contribution is -2.36. The number of carbonyl (C=O) groups is 1. The molecule has 0 spiro atoms. The van der Waals surface area contributed by atoms with Crippen molar-refractivity contribution in [1.29, 1.82) is 0 Å². The number of aryl methyl sites for hydroxylation is 2. The van der Waals surface area contributed by atoms with E-state index in [1.807, 2.05) is 30.3 Å². The lowest BCUT2D eigenvalue weighted by molar-refractivity contribution is -0.137. The van der Waals surface area contributed by atoms with Crippen LogP contribution in [-0.2, 0) is 30.2 Å². The summed E-state index contributed by atoms with van der Waals surface area (Å²) in [5.74, 6) is 1.44. The van der Waals surface area contributed by atoms with Crippen molar-refractivity contribution in [3.05, 3.63) is 166 Å². The van der Waals surface area contributed by atoms with E-state index >= 15 is 0 Å². The van der Waals surface area contributed by atoms with Crippen molar-refractivity contribution in [3.63, 3.8) is 0 Å². The van der Waals surface area contributed by atoms with Gasteiger partial charge in [0.05, 0.1) is 27.4 Å². The highest BCUT2D eigenvalue weighted by molar-refractivity contribution is 6.09. The zero-order valence-corrected chi connectivity index (χ0v) is 32.7. The van der Waals surface area contributed by atoms with Crippen LogP contribution in [0.15, 0.2) is 121 Å². The Kier molecular flexibility index (Phi) is 10.6. The predicted octanol–water partition coefficient (Wildman–Crippen LogP) is 9.97. The summed E-state index contributed by atoms with van der Waals surface area (Å²) in [7, 11) is 3.34. The molecule has 8 nitrogen and oxygen atoms in total. The van der Waals surface area contributed by atoms with E-state index in [1.54, 1.807) is 14.2 Å². The molecule has 0 fully saturated rings. The number of rotatable bonds is 15. The van der Waals surface area contributed by atoms with E-state index in [9.17, 15) is 4.79 Å².